The van der Waals surface area contributed by atoms with Gasteiger partial charge in [0.05, 0.1) is 24.1 Å². The van der Waals surface area contributed by atoms with E-state index in [-0.39, 0.29) is 11.9 Å². The predicted molar refractivity (Wildman–Crippen MR) is 81.7 cm³/mol. The van der Waals surface area contributed by atoms with Gasteiger partial charge in [-0.15, -0.1) is 5.06 Å². The summed E-state index contributed by atoms with van der Waals surface area (Å²) < 4.78 is 0. The summed E-state index contributed by atoms with van der Waals surface area (Å²) in [5.41, 5.74) is 5.48. The van der Waals surface area contributed by atoms with Crippen molar-refractivity contribution in [3.05, 3.63) is 23.9 Å². The first-order valence-corrected chi connectivity index (χ1v) is 7.25. The van der Waals surface area contributed by atoms with Gasteiger partial charge in [-0.05, 0) is 32.9 Å². The van der Waals surface area contributed by atoms with Crippen LogP contribution in [0.2, 0.25) is 0 Å². The standard InChI is InChI=1S/C15H22N4O3/c1-15(2,3)14(21)22-19-8-6-18(7-9-19)13(20)11-4-5-12(16)17-10-11/h4-5,10H,6-9H2,1-3H3,(H2,16,17). The molecule has 22 heavy (non-hydrogen) atoms. The van der Waals surface area contributed by atoms with E-state index in [1.807, 2.05) is 20.8 Å². The molecule has 0 aromatic carbocycles. The summed E-state index contributed by atoms with van der Waals surface area (Å²) in [5, 5.41) is 1.61. The van der Waals surface area contributed by atoms with Gasteiger partial charge in [-0.2, -0.15) is 0 Å². The number of nitrogens with zero attached hydrogens (tertiary/aromatic N) is 3. The number of hydroxylamine groups is 2. The Bertz CT molecular complexity index is 543. The number of aromatic nitrogens is 1. The molecule has 0 saturated carbocycles. The molecule has 2 rings (SSSR count). The average molecular weight is 306 g/mol. The summed E-state index contributed by atoms with van der Waals surface area (Å²) in [6, 6.07) is 3.27. The van der Waals surface area contributed by atoms with Crippen LogP contribution in [0.3, 0.4) is 0 Å². The summed E-state index contributed by atoms with van der Waals surface area (Å²) in [4.78, 5) is 35.1. The van der Waals surface area contributed by atoms with Gasteiger partial charge in [0.25, 0.3) is 5.91 Å². The molecule has 0 spiro atoms. The second-order valence-corrected chi connectivity index (χ2v) is 6.32. The minimum Gasteiger partial charge on any atom is -0.384 e. The fourth-order valence-corrected chi connectivity index (χ4v) is 1.95. The van der Waals surface area contributed by atoms with Crippen LogP contribution < -0.4 is 5.73 Å². The smallest absolute Gasteiger partial charge is 0.330 e. The molecule has 1 amide bonds. The molecule has 1 fully saturated rings. The van der Waals surface area contributed by atoms with Crippen molar-refractivity contribution in [2.75, 3.05) is 31.9 Å². The van der Waals surface area contributed by atoms with Crippen molar-refractivity contribution in [1.29, 1.82) is 0 Å². The molecule has 0 unspecified atom stereocenters. The molecule has 7 nitrogen and oxygen atoms in total. The first kappa shape index (κ1) is 16.2. The largest absolute Gasteiger partial charge is 0.384 e. The molecule has 1 aromatic heterocycles. The van der Waals surface area contributed by atoms with E-state index in [2.05, 4.69) is 4.98 Å². The highest BCUT2D eigenvalue weighted by molar-refractivity contribution is 5.94. The Balaban J connectivity index is 1.88. The number of carbonyl (C=O) groups excluding carboxylic acids is 2. The number of hydrogen-bond donors (Lipinski definition) is 1. The van der Waals surface area contributed by atoms with Gasteiger partial charge in [-0.1, -0.05) is 0 Å². The van der Waals surface area contributed by atoms with Gasteiger partial charge in [-0.25, -0.2) is 9.78 Å². The molecule has 2 N–H and O–H groups in total. The van der Waals surface area contributed by atoms with Crippen LogP contribution in [0.15, 0.2) is 18.3 Å². The predicted octanol–water partition coefficient (Wildman–Crippen LogP) is 0.926. The number of amides is 1. The Kier molecular flexibility index (Phi) is 4.65. The topological polar surface area (TPSA) is 88.8 Å². The highest BCUT2D eigenvalue weighted by Gasteiger charge is 2.29. The third-order valence-corrected chi connectivity index (χ3v) is 3.38. The number of pyridine rings is 1. The monoisotopic (exact) mass is 306 g/mol. The lowest BCUT2D eigenvalue weighted by Gasteiger charge is -2.34. The molecule has 7 heteroatoms. The van der Waals surface area contributed by atoms with Crippen LogP contribution in [0.4, 0.5) is 5.82 Å². The molecule has 2 heterocycles. The van der Waals surface area contributed by atoms with Crippen molar-refractivity contribution in [1.82, 2.24) is 14.9 Å². The van der Waals surface area contributed by atoms with Crippen LogP contribution in [-0.2, 0) is 9.63 Å². The van der Waals surface area contributed by atoms with Crippen molar-refractivity contribution in [2.45, 2.75) is 20.8 Å². The Hall–Kier alpha value is -2.15. The maximum Gasteiger partial charge on any atom is 0.330 e. The van der Waals surface area contributed by atoms with Crippen LogP contribution in [0.25, 0.3) is 0 Å². The van der Waals surface area contributed by atoms with Crippen LogP contribution in [0.1, 0.15) is 31.1 Å². The summed E-state index contributed by atoms with van der Waals surface area (Å²) in [6.07, 6.45) is 1.48. The van der Waals surface area contributed by atoms with E-state index in [1.54, 1.807) is 22.1 Å². The fourth-order valence-electron chi connectivity index (χ4n) is 1.95. The highest BCUT2D eigenvalue weighted by atomic mass is 16.7. The number of anilines is 1. The number of carbonyl (C=O) groups is 2. The third kappa shape index (κ3) is 3.94. The average Bonchev–Trinajstić information content (AvgIpc) is 2.47. The van der Waals surface area contributed by atoms with E-state index in [0.29, 0.717) is 37.6 Å². The van der Waals surface area contributed by atoms with Gasteiger partial charge in [0, 0.05) is 19.3 Å². The van der Waals surface area contributed by atoms with E-state index in [0.717, 1.165) is 0 Å². The molecular weight excluding hydrogens is 284 g/mol. The molecule has 1 saturated heterocycles. The zero-order valence-electron chi connectivity index (χ0n) is 13.2. The van der Waals surface area contributed by atoms with E-state index in [9.17, 15) is 9.59 Å². The maximum absolute atomic E-state index is 12.3. The summed E-state index contributed by atoms with van der Waals surface area (Å²) in [6.45, 7) is 7.42. The number of nitrogens with two attached hydrogens (primary N) is 1. The minimum absolute atomic E-state index is 0.0886. The number of nitrogen functional groups attached to an aromatic ring is 1. The van der Waals surface area contributed by atoms with Crippen LogP contribution in [-0.4, -0.2) is 53.0 Å². The second-order valence-electron chi connectivity index (χ2n) is 6.32. The minimum atomic E-state index is -0.539. The van der Waals surface area contributed by atoms with E-state index < -0.39 is 5.41 Å². The summed E-state index contributed by atoms with van der Waals surface area (Å²) in [7, 11) is 0. The molecule has 0 aliphatic carbocycles. The van der Waals surface area contributed by atoms with Crippen LogP contribution in [0, 0.1) is 5.41 Å². The van der Waals surface area contributed by atoms with Gasteiger partial charge in [-0.3, -0.25) is 4.79 Å². The van der Waals surface area contributed by atoms with Crippen molar-refractivity contribution >= 4 is 17.7 Å². The third-order valence-electron chi connectivity index (χ3n) is 3.38. The van der Waals surface area contributed by atoms with Gasteiger partial charge in [0.2, 0.25) is 0 Å². The van der Waals surface area contributed by atoms with Crippen molar-refractivity contribution < 1.29 is 14.4 Å². The zero-order chi connectivity index (χ0) is 16.3. The Labute approximate surface area is 130 Å². The maximum atomic E-state index is 12.3. The fraction of sp³-hybridized carbons (Fsp3) is 0.533. The lowest BCUT2D eigenvalue weighted by atomic mass is 9.98. The summed E-state index contributed by atoms with van der Waals surface area (Å²) in [5.74, 6) is 0.0276. The van der Waals surface area contributed by atoms with Crippen molar-refractivity contribution in [3.63, 3.8) is 0 Å². The lowest BCUT2D eigenvalue weighted by molar-refractivity contribution is -0.205. The van der Waals surface area contributed by atoms with Crippen molar-refractivity contribution in [2.24, 2.45) is 5.41 Å². The van der Waals surface area contributed by atoms with Gasteiger partial charge >= 0.3 is 5.97 Å². The van der Waals surface area contributed by atoms with Crippen LogP contribution >= 0.6 is 0 Å². The highest BCUT2D eigenvalue weighted by Crippen LogP contribution is 2.17. The van der Waals surface area contributed by atoms with Gasteiger partial charge in [0.15, 0.2) is 0 Å². The van der Waals surface area contributed by atoms with E-state index in [4.69, 9.17) is 10.6 Å². The number of hydrogen-bond acceptors (Lipinski definition) is 6. The second kappa shape index (κ2) is 6.31. The molecule has 1 aliphatic rings. The Morgan fingerprint density at radius 2 is 1.82 bits per heavy atom. The molecular formula is C15H22N4O3. The quantitative estimate of drug-likeness (QED) is 0.874. The van der Waals surface area contributed by atoms with Crippen LogP contribution in [0.5, 0.6) is 0 Å². The van der Waals surface area contributed by atoms with E-state index >= 15 is 0 Å². The zero-order valence-corrected chi connectivity index (χ0v) is 13.2. The molecule has 1 aliphatic heterocycles. The molecule has 0 radical (unpaired) electrons. The number of piperazine rings is 1. The number of rotatable bonds is 2. The normalized spacial score (nSPS) is 16.4. The molecule has 0 bridgehead atoms. The SMILES string of the molecule is CC(C)(C)C(=O)ON1CCN(C(=O)c2ccc(N)nc2)CC1. The first-order chi connectivity index (χ1) is 10.3. The Morgan fingerprint density at radius 3 is 2.32 bits per heavy atom. The van der Waals surface area contributed by atoms with Crippen molar-refractivity contribution in [3.8, 4) is 0 Å². The lowest BCUT2D eigenvalue weighted by Crippen LogP contribution is -2.49. The van der Waals surface area contributed by atoms with Gasteiger partial charge < -0.3 is 15.5 Å². The van der Waals surface area contributed by atoms with Gasteiger partial charge in [0.1, 0.15) is 5.82 Å². The molecule has 120 valence electrons. The Morgan fingerprint density at radius 1 is 1.18 bits per heavy atom. The van der Waals surface area contributed by atoms with E-state index in [1.165, 1.54) is 6.20 Å². The molecule has 1 aromatic rings. The summed E-state index contributed by atoms with van der Waals surface area (Å²) >= 11 is 0. The molecule has 0 atom stereocenters. The first-order valence-electron chi connectivity index (χ1n) is 7.25.